The smallest absolute Gasteiger partial charge is 0.330 e. The Labute approximate surface area is 86.5 Å². The third-order valence-electron chi connectivity index (χ3n) is 3.31. The summed E-state index contributed by atoms with van der Waals surface area (Å²) in [7, 11) is 0. The minimum absolute atomic E-state index is 0.648. The maximum atomic E-state index is 11.6. The number of nitriles is 3. The summed E-state index contributed by atoms with van der Waals surface area (Å²) in [4.78, 5) is 11.6. The number of nitrogens with zero attached hydrogens (tertiary/aromatic N) is 3. The van der Waals surface area contributed by atoms with Crippen molar-refractivity contribution in [1.29, 1.82) is 15.8 Å². The number of cyclic esters (lactones) is 1. The largest absolute Gasteiger partial charge is 0.458 e. The third-order valence-corrected chi connectivity index (χ3v) is 3.31. The summed E-state index contributed by atoms with van der Waals surface area (Å²) in [6, 6.07) is 5.39. The summed E-state index contributed by atoms with van der Waals surface area (Å²) >= 11 is 0. The molecule has 2 aliphatic rings. The van der Waals surface area contributed by atoms with E-state index in [4.69, 9.17) is 20.5 Å². The quantitative estimate of drug-likeness (QED) is 0.531. The van der Waals surface area contributed by atoms with Gasteiger partial charge in [0.25, 0.3) is 0 Å². The molecule has 0 aromatic heterocycles. The summed E-state index contributed by atoms with van der Waals surface area (Å²) in [5, 5.41) is 27.0. The van der Waals surface area contributed by atoms with Gasteiger partial charge in [0.15, 0.2) is 10.8 Å². The molecule has 0 aromatic carbocycles. The van der Waals surface area contributed by atoms with Crippen molar-refractivity contribution in [2.24, 2.45) is 16.7 Å². The van der Waals surface area contributed by atoms with E-state index in [0.717, 1.165) is 0 Å². The van der Waals surface area contributed by atoms with Gasteiger partial charge in [0.1, 0.15) is 5.60 Å². The lowest BCUT2D eigenvalue weighted by Gasteiger charge is -2.21. The molecule has 5 heteroatoms. The zero-order chi connectivity index (χ0) is 11.5. The first-order valence-electron chi connectivity index (χ1n) is 4.40. The molecule has 0 spiro atoms. The van der Waals surface area contributed by atoms with Crippen molar-refractivity contribution >= 4 is 5.97 Å². The van der Waals surface area contributed by atoms with Crippen LogP contribution in [0.3, 0.4) is 0 Å². The van der Waals surface area contributed by atoms with E-state index in [9.17, 15) is 4.79 Å². The highest BCUT2D eigenvalue weighted by Crippen LogP contribution is 2.76. The second kappa shape index (κ2) is 2.12. The maximum Gasteiger partial charge on any atom is 0.330 e. The molecule has 74 valence electrons. The molecule has 2 fully saturated rings. The van der Waals surface area contributed by atoms with Crippen LogP contribution < -0.4 is 0 Å². The highest BCUT2D eigenvalue weighted by atomic mass is 16.6. The van der Waals surface area contributed by atoms with Crippen LogP contribution in [0.2, 0.25) is 0 Å². The van der Waals surface area contributed by atoms with Gasteiger partial charge >= 0.3 is 5.97 Å². The van der Waals surface area contributed by atoms with Crippen LogP contribution in [0.5, 0.6) is 0 Å². The topological polar surface area (TPSA) is 97.7 Å². The van der Waals surface area contributed by atoms with E-state index in [2.05, 4.69) is 0 Å². The SMILES string of the molecule is CC1(C)OC(=O)C2(C#N)C1C2(C#N)C#N. The van der Waals surface area contributed by atoms with Crippen LogP contribution >= 0.6 is 0 Å². The van der Waals surface area contributed by atoms with Crippen molar-refractivity contribution in [2.75, 3.05) is 0 Å². The number of rotatable bonds is 0. The predicted octanol–water partition coefficient (Wildman–Crippen LogP) is 0.495. The zero-order valence-corrected chi connectivity index (χ0v) is 8.24. The summed E-state index contributed by atoms with van der Waals surface area (Å²) in [5.41, 5.74) is -4.02. The number of ether oxygens (including phenoxy) is 1. The minimum Gasteiger partial charge on any atom is -0.458 e. The van der Waals surface area contributed by atoms with Gasteiger partial charge in [-0.05, 0) is 13.8 Å². The lowest BCUT2D eigenvalue weighted by molar-refractivity contribution is -0.154. The first kappa shape index (κ1) is 9.49. The van der Waals surface area contributed by atoms with E-state index in [-0.39, 0.29) is 0 Å². The number of carbonyl (C=O) groups excluding carboxylic acids is 1. The standard InChI is InChI=1S/C10H7N3O2/c1-8(2)6-9(3-11,4-12)10(6,5-13)7(14)15-8/h6H,1-2H3. The molecule has 1 aliphatic carbocycles. The van der Waals surface area contributed by atoms with Gasteiger partial charge in [0, 0.05) is 0 Å². The lowest BCUT2D eigenvalue weighted by atomic mass is 9.95. The van der Waals surface area contributed by atoms with Gasteiger partial charge < -0.3 is 4.74 Å². The predicted molar refractivity (Wildman–Crippen MR) is 45.4 cm³/mol. The van der Waals surface area contributed by atoms with Crippen LogP contribution in [0.25, 0.3) is 0 Å². The van der Waals surface area contributed by atoms with E-state index < -0.39 is 28.3 Å². The van der Waals surface area contributed by atoms with Crippen molar-refractivity contribution in [2.45, 2.75) is 19.4 Å². The second-order valence-corrected chi connectivity index (χ2v) is 4.38. The van der Waals surface area contributed by atoms with Crippen molar-refractivity contribution in [3.63, 3.8) is 0 Å². The van der Waals surface area contributed by atoms with Crippen molar-refractivity contribution < 1.29 is 9.53 Å². The van der Waals surface area contributed by atoms with Crippen LogP contribution in [-0.2, 0) is 9.53 Å². The maximum absolute atomic E-state index is 11.6. The van der Waals surface area contributed by atoms with Crippen molar-refractivity contribution in [1.82, 2.24) is 0 Å². The molecule has 1 saturated heterocycles. The Kier molecular flexibility index (Phi) is 1.34. The monoisotopic (exact) mass is 201 g/mol. The van der Waals surface area contributed by atoms with Crippen LogP contribution in [0, 0.1) is 50.7 Å². The molecule has 15 heavy (non-hydrogen) atoms. The lowest BCUT2D eigenvalue weighted by Crippen LogP contribution is -2.31. The number of carbonyl (C=O) groups is 1. The Morgan fingerprint density at radius 3 is 2.00 bits per heavy atom. The molecule has 0 amide bonds. The molecule has 0 aromatic rings. The second-order valence-electron chi connectivity index (χ2n) is 4.38. The number of hydrogen-bond acceptors (Lipinski definition) is 5. The van der Waals surface area contributed by atoms with Crippen molar-refractivity contribution in [3.8, 4) is 18.2 Å². The Balaban J connectivity index is 2.65. The van der Waals surface area contributed by atoms with E-state index in [0.29, 0.717) is 0 Å². The molecule has 2 unspecified atom stereocenters. The van der Waals surface area contributed by atoms with Gasteiger partial charge in [0.2, 0.25) is 0 Å². The van der Waals surface area contributed by atoms with Crippen LogP contribution in [0.4, 0.5) is 0 Å². The number of hydrogen-bond donors (Lipinski definition) is 0. The molecule has 1 saturated carbocycles. The van der Waals surface area contributed by atoms with Crippen LogP contribution in [0.1, 0.15) is 13.8 Å². The van der Waals surface area contributed by atoms with Crippen LogP contribution in [0.15, 0.2) is 0 Å². The molecule has 1 aliphatic heterocycles. The fourth-order valence-corrected chi connectivity index (χ4v) is 2.70. The van der Waals surface area contributed by atoms with Gasteiger partial charge in [-0.25, -0.2) is 0 Å². The highest BCUT2D eigenvalue weighted by molar-refractivity contribution is 5.92. The number of esters is 1. The molecule has 1 heterocycles. The third kappa shape index (κ3) is 0.640. The van der Waals surface area contributed by atoms with Crippen LogP contribution in [-0.4, -0.2) is 11.6 Å². The zero-order valence-electron chi connectivity index (χ0n) is 8.24. The van der Waals surface area contributed by atoms with Gasteiger partial charge in [0.05, 0.1) is 24.1 Å². The normalized spacial score (nSPS) is 37.8. The summed E-state index contributed by atoms with van der Waals surface area (Å²) in [5.74, 6) is -1.40. The Morgan fingerprint density at radius 2 is 1.73 bits per heavy atom. The van der Waals surface area contributed by atoms with E-state index in [1.165, 1.54) is 0 Å². The first-order chi connectivity index (χ1) is 6.93. The van der Waals surface area contributed by atoms with Gasteiger partial charge in [-0.15, -0.1) is 0 Å². The molecule has 5 nitrogen and oxygen atoms in total. The fourth-order valence-electron chi connectivity index (χ4n) is 2.70. The summed E-state index contributed by atoms with van der Waals surface area (Å²) < 4.78 is 5.00. The average molecular weight is 201 g/mol. The molecule has 0 N–H and O–H groups in total. The van der Waals surface area contributed by atoms with Gasteiger partial charge in [-0.3, -0.25) is 4.79 Å². The number of fused-ring (bicyclic) bond motifs is 1. The van der Waals surface area contributed by atoms with Crippen molar-refractivity contribution in [3.05, 3.63) is 0 Å². The molecular formula is C10H7N3O2. The minimum atomic E-state index is -1.57. The first-order valence-corrected chi connectivity index (χ1v) is 4.40. The summed E-state index contributed by atoms with van der Waals surface area (Å²) in [6.07, 6.45) is 0. The molecule has 2 rings (SSSR count). The highest BCUT2D eigenvalue weighted by Gasteiger charge is 2.93. The Bertz CT molecular complexity index is 474. The van der Waals surface area contributed by atoms with E-state index >= 15 is 0 Å². The molecular weight excluding hydrogens is 194 g/mol. The Hall–Kier alpha value is -2.06. The van der Waals surface area contributed by atoms with E-state index in [1.54, 1.807) is 32.1 Å². The molecule has 2 atom stereocenters. The average Bonchev–Trinajstić information content (AvgIpc) is 2.75. The summed E-state index contributed by atoms with van der Waals surface area (Å²) in [6.45, 7) is 3.23. The molecule has 0 radical (unpaired) electrons. The van der Waals surface area contributed by atoms with Gasteiger partial charge in [-0.2, -0.15) is 15.8 Å². The van der Waals surface area contributed by atoms with Gasteiger partial charge in [-0.1, -0.05) is 0 Å². The Morgan fingerprint density at radius 1 is 1.20 bits per heavy atom. The van der Waals surface area contributed by atoms with E-state index in [1.807, 2.05) is 0 Å². The fraction of sp³-hybridized carbons (Fsp3) is 0.600. The molecule has 0 bridgehead atoms.